The van der Waals surface area contributed by atoms with Crippen LogP contribution >= 0.6 is 8.53 Å². The number of hydrogen-bond donors (Lipinski definition) is 2. The molecule has 1 fully saturated rings. The maximum absolute atomic E-state index is 12.5. The van der Waals surface area contributed by atoms with Crippen molar-refractivity contribution in [3.63, 3.8) is 0 Å². The Morgan fingerprint density at radius 2 is 1.79 bits per heavy atom. The molecule has 0 radical (unpaired) electrons. The van der Waals surface area contributed by atoms with E-state index in [9.17, 15) is 14.4 Å². The van der Waals surface area contributed by atoms with Crippen molar-refractivity contribution in [3.8, 4) is 24.7 Å². The molecule has 1 saturated heterocycles. The van der Waals surface area contributed by atoms with Crippen molar-refractivity contribution in [2.45, 2.75) is 45.6 Å². The number of ether oxygens (including phenoxy) is 2. The molecule has 4 rings (SSSR count). The first-order valence-electron chi connectivity index (χ1n) is 13.1. The Morgan fingerprint density at radius 3 is 2.40 bits per heavy atom. The van der Waals surface area contributed by atoms with Crippen molar-refractivity contribution >= 4 is 14.5 Å². The highest BCUT2D eigenvalue weighted by Gasteiger charge is 2.35. The molecule has 222 valence electrons. The fraction of sp³-hybridized carbons (Fsp3) is 0.333. The van der Waals surface area contributed by atoms with Crippen LogP contribution in [0.4, 0.5) is 0 Å². The Balaban J connectivity index is 0.00000116. The summed E-state index contributed by atoms with van der Waals surface area (Å²) in [5.74, 6) is 0.166. The van der Waals surface area contributed by atoms with Gasteiger partial charge in [-0.25, -0.2) is 9.88 Å². The van der Waals surface area contributed by atoms with Gasteiger partial charge in [-0.2, -0.15) is 5.26 Å². The second-order valence-corrected chi connectivity index (χ2v) is 10.2. The van der Waals surface area contributed by atoms with E-state index in [1.165, 1.54) is 23.8 Å². The molecule has 0 saturated carbocycles. The summed E-state index contributed by atoms with van der Waals surface area (Å²) >= 11 is 0. The SMILES string of the molecule is C#C.CC#N.CC1CC(COP(NCC(=O)O[C@@H](C)c2ccccc2)Oc2ccccc2)OC1n1ccc(=O)[nH]c1=O. The van der Waals surface area contributed by atoms with Gasteiger partial charge in [-0.05, 0) is 31.0 Å². The van der Waals surface area contributed by atoms with Crippen LogP contribution in [0, 0.1) is 30.1 Å². The molecule has 42 heavy (non-hydrogen) atoms. The van der Waals surface area contributed by atoms with E-state index >= 15 is 0 Å². The normalized spacial score (nSPS) is 18.5. The van der Waals surface area contributed by atoms with Crippen molar-refractivity contribution in [2.75, 3.05) is 13.2 Å². The number of carbonyl (C=O) groups excluding carboxylic acids is 1. The van der Waals surface area contributed by atoms with Gasteiger partial charge < -0.3 is 18.5 Å². The predicted molar refractivity (Wildman–Crippen MR) is 159 cm³/mol. The number of rotatable bonds is 11. The average Bonchev–Trinajstić information content (AvgIpc) is 3.36. The largest absolute Gasteiger partial charge is 0.457 e. The van der Waals surface area contributed by atoms with Crippen molar-refractivity contribution in [3.05, 3.63) is 99.3 Å². The molecule has 2 N–H and O–H groups in total. The standard InChI is InChI=1S/C26H30N3O7P.C2H3N.C2H2/c1-18-15-22(35-25(18)29-14-13-23(30)28-26(29)32)17-33-37(36-21-11-7-4-8-12-21)27-16-24(31)34-19(2)20-9-5-3-6-10-20;1-2-3;1-2/h3-14,18-19,22,25,27H,15-17H2,1-2H3,(H,28,30,32);1H3;1-2H/t18?,19-,22?,25?,37?;;/m0../s1. The number of nitrogens with one attached hydrogen (secondary N) is 2. The van der Waals surface area contributed by atoms with E-state index in [2.05, 4.69) is 22.9 Å². The monoisotopic (exact) mass is 594 g/mol. The van der Waals surface area contributed by atoms with Crippen LogP contribution in [0.5, 0.6) is 5.75 Å². The van der Waals surface area contributed by atoms with Gasteiger partial charge in [-0.15, -0.1) is 12.8 Å². The average molecular weight is 595 g/mol. The van der Waals surface area contributed by atoms with Gasteiger partial charge in [-0.1, -0.05) is 55.5 Å². The summed E-state index contributed by atoms with van der Waals surface area (Å²) < 4.78 is 24.9. The Labute approximate surface area is 246 Å². The van der Waals surface area contributed by atoms with Crippen molar-refractivity contribution in [2.24, 2.45) is 5.92 Å². The molecule has 0 spiro atoms. The van der Waals surface area contributed by atoms with Gasteiger partial charge in [-0.3, -0.25) is 19.1 Å². The fourth-order valence-corrected chi connectivity index (χ4v) is 5.07. The maximum atomic E-state index is 12.5. The summed E-state index contributed by atoms with van der Waals surface area (Å²) in [7, 11) is -1.71. The number of H-pyrrole nitrogens is 1. The molecule has 2 aromatic carbocycles. The Hall–Kier alpha value is -4.25. The topological polar surface area (TPSA) is 145 Å². The predicted octanol–water partition coefficient (Wildman–Crippen LogP) is 4.46. The minimum atomic E-state index is -1.71. The third-order valence-electron chi connectivity index (χ3n) is 5.82. The smallest absolute Gasteiger partial charge is 0.330 e. The summed E-state index contributed by atoms with van der Waals surface area (Å²) in [5, 5.41) is 10.3. The molecule has 0 bridgehead atoms. The van der Waals surface area contributed by atoms with Gasteiger partial charge in [0.15, 0.2) is 0 Å². The molecule has 2 heterocycles. The molecule has 0 aliphatic carbocycles. The summed E-state index contributed by atoms with van der Waals surface area (Å²) in [6, 6.07) is 21.7. The van der Waals surface area contributed by atoms with Crippen molar-refractivity contribution in [1.82, 2.24) is 14.6 Å². The molecule has 5 atom stereocenters. The molecule has 1 aliphatic heterocycles. The molecular weight excluding hydrogens is 559 g/mol. The lowest BCUT2D eigenvalue weighted by Gasteiger charge is -2.21. The molecule has 1 aromatic heterocycles. The first-order valence-corrected chi connectivity index (χ1v) is 14.2. The Morgan fingerprint density at radius 1 is 1.17 bits per heavy atom. The lowest BCUT2D eigenvalue weighted by molar-refractivity contribution is -0.147. The molecule has 0 amide bonds. The zero-order chi connectivity index (χ0) is 30.9. The molecule has 12 heteroatoms. The van der Waals surface area contributed by atoms with Gasteiger partial charge >= 0.3 is 20.2 Å². The summed E-state index contributed by atoms with van der Waals surface area (Å²) in [4.78, 5) is 38.3. The van der Waals surface area contributed by atoms with Crippen LogP contribution in [0.25, 0.3) is 0 Å². The lowest BCUT2D eigenvalue weighted by Crippen LogP contribution is -2.33. The van der Waals surface area contributed by atoms with Crippen LogP contribution in [0.3, 0.4) is 0 Å². The quantitative estimate of drug-likeness (QED) is 0.187. The van der Waals surface area contributed by atoms with E-state index in [0.717, 1.165) is 5.56 Å². The second kappa shape index (κ2) is 18.2. The van der Waals surface area contributed by atoms with E-state index in [1.807, 2.05) is 62.4 Å². The van der Waals surface area contributed by atoms with E-state index in [1.54, 1.807) is 18.2 Å². The van der Waals surface area contributed by atoms with E-state index in [4.69, 9.17) is 23.8 Å². The Kier molecular flexibility index (Phi) is 14.7. The highest BCUT2D eigenvalue weighted by atomic mass is 31.2. The molecule has 11 nitrogen and oxygen atoms in total. The molecule has 1 aliphatic rings. The number of nitriles is 1. The number of nitrogens with zero attached hydrogens (tertiary/aromatic N) is 2. The highest BCUT2D eigenvalue weighted by molar-refractivity contribution is 7.45. The lowest BCUT2D eigenvalue weighted by atomic mass is 10.1. The highest BCUT2D eigenvalue weighted by Crippen LogP contribution is 2.38. The van der Waals surface area contributed by atoms with Crippen molar-refractivity contribution < 1.29 is 23.3 Å². The minimum absolute atomic E-state index is 0.0147. The zero-order valence-electron chi connectivity index (χ0n) is 23.7. The second-order valence-electron chi connectivity index (χ2n) is 8.94. The summed E-state index contributed by atoms with van der Waals surface area (Å²) in [6.45, 7) is 5.29. The fourth-order valence-electron chi connectivity index (χ4n) is 3.98. The third-order valence-corrected chi connectivity index (χ3v) is 6.99. The van der Waals surface area contributed by atoms with Gasteiger partial charge in [0.1, 0.15) is 24.6 Å². The van der Waals surface area contributed by atoms with Gasteiger partial charge in [0.2, 0.25) is 0 Å². The number of carbonyl (C=O) groups is 1. The number of aromatic amines is 1. The van der Waals surface area contributed by atoms with E-state index in [0.29, 0.717) is 12.2 Å². The Bertz CT molecular complexity index is 1410. The van der Waals surface area contributed by atoms with Crippen molar-refractivity contribution in [1.29, 1.82) is 5.26 Å². The van der Waals surface area contributed by atoms with E-state index in [-0.39, 0.29) is 31.3 Å². The number of hydrogen-bond acceptors (Lipinski definition) is 9. The molecular formula is C30H35N4O7P. The van der Waals surface area contributed by atoms with Crippen LogP contribution < -0.4 is 20.9 Å². The number of benzene rings is 2. The maximum Gasteiger partial charge on any atom is 0.330 e. The molecule has 3 aromatic rings. The summed E-state index contributed by atoms with van der Waals surface area (Å²) in [5.41, 5.74) is -0.0812. The third kappa shape index (κ3) is 11.0. The van der Waals surface area contributed by atoms with Gasteiger partial charge in [0, 0.05) is 25.1 Å². The summed E-state index contributed by atoms with van der Waals surface area (Å²) in [6.07, 6.45) is 8.85. The first kappa shape index (κ1) is 34.0. The van der Waals surface area contributed by atoms with Crippen LogP contribution in [-0.2, 0) is 18.8 Å². The van der Waals surface area contributed by atoms with Crippen LogP contribution in [-0.4, -0.2) is 34.8 Å². The van der Waals surface area contributed by atoms with Gasteiger partial charge in [0.05, 0.1) is 18.8 Å². The van der Waals surface area contributed by atoms with Crippen LogP contribution in [0.15, 0.2) is 82.5 Å². The number of terminal acetylenes is 1. The van der Waals surface area contributed by atoms with Crippen LogP contribution in [0.1, 0.15) is 45.1 Å². The van der Waals surface area contributed by atoms with Crippen LogP contribution in [0.2, 0.25) is 0 Å². The van der Waals surface area contributed by atoms with E-state index < -0.39 is 32.0 Å². The zero-order valence-corrected chi connectivity index (χ0v) is 24.6. The van der Waals surface area contributed by atoms with Gasteiger partial charge in [0.25, 0.3) is 5.56 Å². The number of esters is 1. The number of para-hydroxylation sites is 1. The number of aromatic nitrogens is 2. The first-order chi connectivity index (χ1) is 20.3. The minimum Gasteiger partial charge on any atom is -0.457 e. The molecule has 4 unspecified atom stereocenters.